The van der Waals surface area contributed by atoms with Crippen LogP contribution in [0.5, 0.6) is 0 Å². The molecule has 4 rings (SSSR count). The molecule has 0 spiro atoms. The number of amides is 1. The number of thioether (sulfide) groups is 1. The maximum absolute atomic E-state index is 13.1. The predicted octanol–water partition coefficient (Wildman–Crippen LogP) is 4.30. The molecule has 0 radical (unpaired) electrons. The molecule has 0 bridgehead atoms. The second-order valence-corrected chi connectivity index (χ2v) is 8.85. The topological polar surface area (TPSA) is 67.2 Å². The van der Waals surface area contributed by atoms with Crippen LogP contribution in [-0.4, -0.2) is 41.3 Å². The number of carbonyl (C=O) groups excluding carboxylic acids is 1. The molecular weight excluding hydrogens is 432 g/mol. The third-order valence-corrected chi connectivity index (χ3v) is 6.60. The minimum Gasteiger partial charge on any atom is -0.375 e. The molecule has 1 N–H and O–H groups in total. The summed E-state index contributed by atoms with van der Waals surface area (Å²) in [5.41, 5.74) is 1.75. The van der Waals surface area contributed by atoms with Crippen molar-refractivity contribution in [1.29, 1.82) is 0 Å². The molecule has 3 aromatic carbocycles. The number of anilines is 1. The second-order valence-electron chi connectivity index (χ2n) is 7.91. The summed E-state index contributed by atoms with van der Waals surface area (Å²) in [6, 6.07) is 22.0. The number of rotatable bonds is 9. The molecule has 0 aliphatic rings. The molecule has 0 saturated carbocycles. The van der Waals surface area contributed by atoms with E-state index >= 15 is 0 Å². The summed E-state index contributed by atoms with van der Waals surface area (Å²) in [7, 11) is 2.05. The van der Waals surface area contributed by atoms with Crippen LogP contribution in [0, 0.1) is 0 Å². The van der Waals surface area contributed by atoms with Crippen LogP contribution in [0.4, 0.5) is 5.69 Å². The zero-order valence-electron chi connectivity index (χ0n) is 19.0. The van der Waals surface area contributed by atoms with Crippen molar-refractivity contribution < 1.29 is 4.79 Å². The fourth-order valence-corrected chi connectivity index (χ4v) is 4.71. The van der Waals surface area contributed by atoms with Gasteiger partial charge in [0, 0.05) is 32.4 Å². The summed E-state index contributed by atoms with van der Waals surface area (Å²) in [5, 5.41) is 6.21. The van der Waals surface area contributed by atoms with Crippen LogP contribution in [-0.2, 0) is 11.3 Å². The Morgan fingerprint density at radius 1 is 1.06 bits per heavy atom. The Labute approximate surface area is 197 Å². The first kappa shape index (κ1) is 22.9. The molecule has 0 atom stereocenters. The summed E-state index contributed by atoms with van der Waals surface area (Å²) in [5.74, 6) is 0.165. The Kier molecular flexibility index (Phi) is 7.29. The van der Waals surface area contributed by atoms with E-state index in [9.17, 15) is 9.59 Å². The monoisotopic (exact) mass is 460 g/mol. The molecule has 0 aliphatic heterocycles. The smallest absolute Gasteiger partial charge is 0.262 e. The van der Waals surface area contributed by atoms with Gasteiger partial charge in [-0.15, -0.1) is 0 Å². The zero-order chi connectivity index (χ0) is 23.2. The number of hydrogen-bond acceptors (Lipinski definition) is 5. The molecular formula is C26H28N4O2S. The van der Waals surface area contributed by atoms with Gasteiger partial charge in [-0.3, -0.25) is 14.2 Å². The molecule has 4 aromatic rings. The largest absolute Gasteiger partial charge is 0.375 e. The summed E-state index contributed by atoms with van der Waals surface area (Å²) >= 11 is 1.30. The van der Waals surface area contributed by atoms with Gasteiger partial charge in [0.1, 0.15) is 0 Å². The molecule has 0 fully saturated rings. The van der Waals surface area contributed by atoms with Crippen molar-refractivity contribution in [2.45, 2.75) is 25.0 Å². The molecule has 1 heterocycles. The maximum atomic E-state index is 13.1. The van der Waals surface area contributed by atoms with Crippen LogP contribution >= 0.6 is 11.8 Å². The molecule has 0 aliphatic carbocycles. The average molecular weight is 461 g/mol. The van der Waals surface area contributed by atoms with Gasteiger partial charge in [-0.2, -0.15) is 0 Å². The van der Waals surface area contributed by atoms with Gasteiger partial charge in [0.15, 0.2) is 5.16 Å². The molecule has 1 amide bonds. The first-order chi connectivity index (χ1) is 16.1. The maximum Gasteiger partial charge on any atom is 0.262 e. The normalized spacial score (nSPS) is 11.1. The number of aromatic nitrogens is 2. The van der Waals surface area contributed by atoms with Gasteiger partial charge >= 0.3 is 0 Å². The van der Waals surface area contributed by atoms with E-state index in [2.05, 4.69) is 22.3 Å². The standard InChI is InChI=1S/C26H28N4O2S/c1-3-30-25(32)22-16-19-10-7-8-11-20(19)17-23(22)28-26(30)33-18-24(31)27-14-9-15-29(2)21-12-5-4-6-13-21/h4-8,10-13,16-17H,3,9,14-15,18H2,1-2H3,(H,27,31). The highest BCUT2D eigenvalue weighted by atomic mass is 32.2. The van der Waals surface area contributed by atoms with Gasteiger partial charge < -0.3 is 10.2 Å². The molecule has 1 aromatic heterocycles. The van der Waals surface area contributed by atoms with E-state index in [1.54, 1.807) is 4.57 Å². The highest BCUT2D eigenvalue weighted by Gasteiger charge is 2.13. The van der Waals surface area contributed by atoms with Crippen molar-refractivity contribution in [3.05, 3.63) is 77.1 Å². The molecule has 0 unspecified atom stereocenters. The van der Waals surface area contributed by atoms with Crippen molar-refractivity contribution in [3.63, 3.8) is 0 Å². The van der Waals surface area contributed by atoms with Crippen molar-refractivity contribution >= 4 is 45.0 Å². The minimum absolute atomic E-state index is 0.0575. The quantitative estimate of drug-likeness (QED) is 0.175. The van der Waals surface area contributed by atoms with E-state index in [1.165, 1.54) is 11.8 Å². The second kappa shape index (κ2) is 10.5. The molecule has 33 heavy (non-hydrogen) atoms. The van der Waals surface area contributed by atoms with Gasteiger partial charge in [-0.25, -0.2) is 4.98 Å². The Hall–Kier alpha value is -3.32. The minimum atomic E-state index is -0.0693. The first-order valence-electron chi connectivity index (χ1n) is 11.2. The Morgan fingerprint density at radius 3 is 2.48 bits per heavy atom. The Bertz CT molecular complexity index is 1320. The fraction of sp³-hybridized carbons (Fsp3) is 0.269. The summed E-state index contributed by atoms with van der Waals surface area (Å²) < 4.78 is 1.64. The number of carbonyl (C=O) groups is 1. The SMILES string of the molecule is CCn1c(SCC(=O)NCCCN(C)c2ccccc2)nc2cc3ccccc3cc2c1=O. The van der Waals surface area contributed by atoms with Crippen molar-refractivity contribution in [3.8, 4) is 0 Å². The van der Waals surface area contributed by atoms with Crippen LogP contribution in [0.15, 0.2) is 76.7 Å². The number of nitrogens with one attached hydrogen (secondary N) is 1. The lowest BCUT2D eigenvalue weighted by Crippen LogP contribution is -2.30. The van der Waals surface area contributed by atoms with Crippen LogP contribution in [0.1, 0.15) is 13.3 Å². The molecule has 6 nitrogen and oxygen atoms in total. The highest BCUT2D eigenvalue weighted by molar-refractivity contribution is 7.99. The van der Waals surface area contributed by atoms with E-state index in [1.807, 2.05) is 68.6 Å². The number of fused-ring (bicyclic) bond motifs is 2. The van der Waals surface area contributed by atoms with Gasteiger partial charge in [0.25, 0.3) is 5.56 Å². The van der Waals surface area contributed by atoms with Crippen LogP contribution in [0.2, 0.25) is 0 Å². The van der Waals surface area contributed by atoms with Crippen LogP contribution in [0.25, 0.3) is 21.7 Å². The molecule has 170 valence electrons. The van der Waals surface area contributed by atoms with Gasteiger partial charge in [-0.05, 0) is 48.4 Å². The average Bonchev–Trinajstić information content (AvgIpc) is 2.85. The predicted molar refractivity (Wildman–Crippen MR) is 137 cm³/mol. The molecule has 7 heteroatoms. The third kappa shape index (κ3) is 5.37. The first-order valence-corrected chi connectivity index (χ1v) is 12.1. The van der Waals surface area contributed by atoms with Crippen LogP contribution in [0.3, 0.4) is 0 Å². The highest BCUT2D eigenvalue weighted by Crippen LogP contribution is 2.22. The lowest BCUT2D eigenvalue weighted by atomic mass is 10.1. The number of para-hydroxylation sites is 1. The summed E-state index contributed by atoms with van der Waals surface area (Å²) in [6.07, 6.45) is 0.850. The number of nitrogens with zero attached hydrogens (tertiary/aromatic N) is 3. The van der Waals surface area contributed by atoms with Crippen molar-refractivity contribution in [1.82, 2.24) is 14.9 Å². The molecule has 0 saturated heterocycles. The number of benzene rings is 3. The van der Waals surface area contributed by atoms with Gasteiger partial charge in [0.2, 0.25) is 5.91 Å². The third-order valence-electron chi connectivity index (χ3n) is 5.62. The Morgan fingerprint density at radius 2 is 1.76 bits per heavy atom. The number of hydrogen-bond donors (Lipinski definition) is 1. The van der Waals surface area contributed by atoms with E-state index in [4.69, 9.17) is 4.98 Å². The zero-order valence-corrected chi connectivity index (χ0v) is 19.8. The van der Waals surface area contributed by atoms with Gasteiger partial charge in [0.05, 0.1) is 16.7 Å². The van der Waals surface area contributed by atoms with E-state index in [0.717, 1.165) is 29.4 Å². The van der Waals surface area contributed by atoms with E-state index in [0.29, 0.717) is 29.1 Å². The lowest BCUT2D eigenvalue weighted by Gasteiger charge is -2.19. The van der Waals surface area contributed by atoms with Gasteiger partial charge in [-0.1, -0.05) is 54.2 Å². The fourth-order valence-electron chi connectivity index (χ4n) is 3.81. The van der Waals surface area contributed by atoms with E-state index < -0.39 is 0 Å². The summed E-state index contributed by atoms with van der Waals surface area (Å²) in [6.45, 7) is 3.88. The van der Waals surface area contributed by atoms with E-state index in [-0.39, 0.29) is 17.2 Å². The van der Waals surface area contributed by atoms with Crippen LogP contribution < -0.4 is 15.8 Å². The Balaban J connectivity index is 1.37. The summed E-state index contributed by atoms with van der Waals surface area (Å²) in [4.78, 5) is 32.3. The van der Waals surface area contributed by atoms with Crippen molar-refractivity contribution in [2.75, 3.05) is 30.8 Å². The van der Waals surface area contributed by atoms with Crippen molar-refractivity contribution in [2.24, 2.45) is 0 Å². The lowest BCUT2D eigenvalue weighted by molar-refractivity contribution is -0.118.